The van der Waals surface area contributed by atoms with E-state index in [2.05, 4.69) is 6.92 Å². The summed E-state index contributed by atoms with van der Waals surface area (Å²) in [5.74, 6) is 0.673. The van der Waals surface area contributed by atoms with Crippen LogP contribution in [-0.4, -0.2) is 18.2 Å². The van der Waals surface area contributed by atoms with E-state index in [0.717, 1.165) is 6.54 Å². The van der Waals surface area contributed by atoms with Crippen LogP contribution in [-0.2, 0) is 4.74 Å². The summed E-state index contributed by atoms with van der Waals surface area (Å²) in [4.78, 5) is 0. The lowest BCUT2D eigenvalue weighted by atomic mass is 9.95. The lowest BCUT2D eigenvalue weighted by Gasteiger charge is -2.25. The van der Waals surface area contributed by atoms with Gasteiger partial charge in [-0.25, -0.2) is 0 Å². The highest BCUT2D eigenvalue weighted by Gasteiger charge is 2.42. The first-order valence-corrected chi connectivity index (χ1v) is 6.66. The molecule has 88 valence electrons. The molecule has 1 saturated heterocycles. The number of hydrogen-bond donors (Lipinski definition) is 1. The standard InChI is InChI=1S/C13H25NO/c1-2-11(10-14)9-12-5-8-13(15-12)6-3-4-7-13/h11-12H,2-10,14H2,1H3. The molecule has 1 heterocycles. The van der Waals surface area contributed by atoms with Crippen LogP contribution in [0.2, 0.25) is 0 Å². The first-order chi connectivity index (χ1) is 7.28. The van der Waals surface area contributed by atoms with Crippen LogP contribution < -0.4 is 5.73 Å². The van der Waals surface area contributed by atoms with Crippen LogP contribution in [0.4, 0.5) is 0 Å². The third-order valence-electron chi connectivity index (χ3n) is 4.36. The fourth-order valence-electron chi connectivity index (χ4n) is 3.25. The summed E-state index contributed by atoms with van der Waals surface area (Å²) in [6.07, 6.45) is 10.8. The molecular weight excluding hydrogens is 186 g/mol. The van der Waals surface area contributed by atoms with Crippen LogP contribution >= 0.6 is 0 Å². The van der Waals surface area contributed by atoms with Gasteiger partial charge in [-0.1, -0.05) is 26.2 Å². The Kier molecular flexibility index (Phi) is 3.68. The minimum absolute atomic E-state index is 0.303. The van der Waals surface area contributed by atoms with Crippen molar-refractivity contribution in [1.29, 1.82) is 0 Å². The average Bonchev–Trinajstić information content (AvgIpc) is 2.87. The van der Waals surface area contributed by atoms with E-state index < -0.39 is 0 Å². The summed E-state index contributed by atoms with van der Waals surface area (Å²) < 4.78 is 6.29. The van der Waals surface area contributed by atoms with Crippen molar-refractivity contribution in [2.24, 2.45) is 11.7 Å². The smallest absolute Gasteiger partial charge is 0.0687 e. The van der Waals surface area contributed by atoms with Crippen molar-refractivity contribution in [3.63, 3.8) is 0 Å². The van der Waals surface area contributed by atoms with Gasteiger partial charge >= 0.3 is 0 Å². The lowest BCUT2D eigenvalue weighted by Crippen LogP contribution is -2.26. The molecule has 1 aliphatic heterocycles. The number of ether oxygens (including phenoxy) is 1. The van der Waals surface area contributed by atoms with Crippen LogP contribution in [0.25, 0.3) is 0 Å². The highest BCUT2D eigenvalue weighted by atomic mass is 16.5. The Balaban J connectivity index is 1.81. The molecule has 2 heteroatoms. The van der Waals surface area contributed by atoms with E-state index in [4.69, 9.17) is 10.5 Å². The summed E-state index contributed by atoms with van der Waals surface area (Å²) in [5.41, 5.74) is 6.05. The van der Waals surface area contributed by atoms with Gasteiger partial charge in [-0.2, -0.15) is 0 Å². The largest absolute Gasteiger partial charge is 0.372 e. The maximum atomic E-state index is 6.29. The quantitative estimate of drug-likeness (QED) is 0.776. The normalized spacial score (nSPS) is 31.2. The monoisotopic (exact) mass is 211 g/mol. The summed E-state index contributed by atoms with van der Waals surface area (Å²) in [6, 6.07) is 0. The van der Waals surface area contributed by atoms with Crippen molar-refractivity contribution >= 4 is 0 Å². The van der Waals surface area contributed by atoms with Gasteiger partial charge < -0.3 is 10.5 Å². The zero-order chi connectivity index (χ0) is 10.7. The van der Waals surface area contributed by atoms with E-state index in [9.17, 15) is 0 Å². The predicted molar refractivity (Wildman–Crippen MR) is 62.8 cm³/mol. The second kappa shape index (κ2) is 4.84. The van der Waals surface area contributed by atoms with Crippen molar-refractivity contribution in [2.45, 2.75) is 70.0 Å². The Morgan fingerprint density at radius 1 is 1.33 bits per heavy atom. The van der Waals surface area contributed by atoms with Crippen LogP contribution in [0.1, 0.15) is 58.3 Å². The van der Waals surface area contributed by atoms with Crippen LogP contribution in [0.5, 0.6) is 0 Å². The molecule has 2 fully saturated rings. The summed E-state index contributed by atoms with van der Waals surface area (Å²) in [5, 5.41) is 0. The maximum absolute atomic E-state index is 6.29. The zero-order valence-corrected chi connectivity index (χ0v) is 10.0. The van der Waals surface area contributed by atoms with Crippen LogP contribution in [0, 0.1) is 5.92 Å². The molecule has 0 aromatic carbocycles. The highest BCUT2D eigenvalue weighted by molar-refractivity contribution is 4.93. The topological polar surface area (TPSA) is 35.2 Å². The lowest BCUT2D eigenvalue weighted by molar-refractivity contribution is -0.0439. The molecule has 0 amide bonds. The van der Waals surface area contributed by atoms with E-state index in [1.54, 1.807) is 0 Å². The minimum Gasteiger partial charge on any atom is -0.372 e. The van der Waals surface area contributed by atoms with Gasteiger partial charge in [0.05, 0.1) is 11.7 Å². The molecule has 0 aromatic rings. The molecule has 0 bridgehead atoms. The van der Waals surface area contributed by atoms with Gasteiger partial charge in [0, 0.05) is 0 Å². The Morgan fingerprint density at radius 2 is 2.07 bits per heavy atom. The fourth-order valence-corrected chi connectivity index (χ4v) is 3.25. The van der Waals surface area contributed by atoms with Crippen LogP contribution in [0.3, 0.4) is 0 Å². The van der Waals surface area contributed by atoms with E-state index in [1.807, 2.05) is 0 Å². The van der Waals surface area contributed by atoms with E-state index in [-0.39, 0.29) is 0 Å². The van der Waals surface area contributed by atoms with Crippen molar-refractivity contribution < 1.29 is 4.74 Å². The molecule has 2 atom stereocenters. The minimum atomic E-state index is 0.303. The average molecular weight is 211 g/mol. The molecule has 1 aliphatic carbocycles. The Labute approximate surface area is 93.6 Å². The molecule has 2 unspecified atom stereocenters. The third kappa shape index (κ3) is 2.54. The van der Waals surface area contributed by atoms with Gasteiger partial charge in [0.1, 0.15) is 0 Å². The second-order valence-corrected chi connectivity index (χ2v) is 5.41. The molecule has 1 saturated carbocycles. The summed E-state index contributed by atoms with van der Waals surface area (Å²) in [6.45, 7) is 3.06. The first kappa shape index (κ1) is 11.4. The summed E-state index contributed by atoms with van der Waals surface area (Å²) in [7, 11) is 0. The van der Waals surface area contributed by atoms with Gasteiger partial charge in [-0.15, -0.1) is 0 Å². The van der Waals surface area contributed by atoms with E-state index >= 15 is 0 Å². The molecule has 15 heavy (non-hydrogen) atoms. The fraction of sp³-hybridized carbons (Fsp3) is 1.00. The predicted octanol–water partition coefficient (Wildman–Crippen LogP) is 2.85. The zero-order valence-electron chi connectivity index (χ0n) is 10.0. The Hall–Kier alpha value is -0.0800. The van der Waals surface area contributed by atoms with Crippen molar-refractivity contribution in [1.82, 2.24) is 0 Å². The van der Waals surface area contributed by atoms with Gasteiger partial charge in [0.15, 0.2) is 0 Å². The molecule has 0 radical (unpaired) electrons. The number of rotatable bonds is 4. The second-order valence-electron chi connectivity index (χ2n) is 5.41. The van der Waals surface area contributed by atoms with Gasteiger partial charge in [0.25, 0.3) is 0 Å². The van der Waals surface area contributed by atoms with Crippen LogP contribution in [0.15, 0.2) is 0 Å². The molecular formula is C13H25NO. The molecule has 2 aliphatic rings. The summed E-state index contributed by atoms with van der Waals surface area (Å²) >= 11 is 0. The maximum Gasteiger partial charge on any atom is 0.0687 e. The van der Waals surface area contributed by atoms with Gasteiger partial charge in [-0.3, -0.25) is 0 Å². The SMILES string of the molecule is CCC(CN)CC1CCC2(CCCC2)O1. The van der Waals surface area contributed by atoms with Gasteiger partial charge in [-0.05, 0) is 44.6 Å². The van der Waals surface area contributed by atoms with E-state index in [1.165, 1.54) is 51.4 Å². The van der Waals surface area contributed by atoms with E-state index in [0.29, 0.717) is 17.6 Å². The third-order valence-corrected chi connectivity index (χ3v) is 4.36. The first-order valence-electron chi connectivity index (χ1n) is 6.66. The molecule has 2 nitrogen and oxygen atoms in total. The van der Waals surface area contributed by atoms with Crippen molar-refractivity contribution in [2.75, 3.05) is 6.54 Å². The van der Waals surface area contributed by atoms with Crippen molar-refractivity contribution in [3.05, 3.63) is 0 Å². The Bertz CT molecular complexity index is 195. The van der Waals surface area contributed by atoms with Crippen molar-refractivity contribution in [3.8, 4) is 0 Å². The molecule has 1 spiro atoms. The molecule has 0 aromatic heterocycles. The molecule has 2 N–H and O–H groups in total. The number of nitrogens with two attached hydrogens (primary N) is 1. The Morgan fingerprint density at radius 3 is 2.67 bits per heavy atom. The number of hydrogen-bond acceptors (Lipinski definition) is 2. The highest BCUT2D eigenvalue weighted by Crippen LogP contribution is 2.44. The van der Waals surface area contributed by atoms with Gasteiger partial charge in [0.2, 0.25) is 0 Å². The molecule has 2 rings (SSSR count).